The van der Waals surface area contributed by atoms with E-state index in [0.717, 1.165) is 25.4 Å². The molecule has 1 aliphatic rings. The van der Waals surface area contributed by atoms with Gasteiger partial charge in [0.15, 0.2) is 0 Å². The van der Waals surface area contributed by atoms with E-state index in [-0.39, 0.29) is 0 Å². The van der Waals surface area contributed by atoms with Crippen molar-refractivity contribution in [3.8, 4) is 0 Å². The van der Waals surface area contributed by atoms with E-state index in [4.69, 9.17) is 0 Å². The molecule has 0 radical (unpaired) electrons. The highest BCUT2D eigenvalue weighted by molar-refractivity contribution is 7.84. The first kappa shape index (κ1) is 13.1. The van der Waals surface area contributed by atoms with Crippen LogP contribution in [0.4, 0.5) is 0 Å². The molecular weight excluding hydrogens is 208 g/mol. The Morgan fingerprint density at radius 3 is 2.93 bits per heavy atom. The van der Waals surface area contributed by atoms with Gasteiger partial charge in [0, 0.05) is 48.0 Å². The summed E-state index contributed by atoms with van der Waals surface area (Å²) in [5.41, 5.74) is 0. The van der Waals surface area contributed by atoms with Gasteiger partial charge in [0.25, 0.3) is 0 Å². The lowest BCUT2D eigenvalue weighted by molar-refractivity contribution is 0.271. The summed E-state index contributed by atoms with van der Waals surface area (Å²) in [7, 11) is -0.670. The third kappa shape index (κ3) is 4.62. The number of hydrogen-bond acceptors (Lipinski definition) is 3. The van der Waals surface area contributed by atoms with Gasteiger partial charge in [-0.3, -0.25) is 9.11 Å². The molecule has 0 aromatic heterocycles. The van der Waals surface area contributed by atoms with E-state index >= 15 is 0 Å². The smallest absolute Gasteiger partial charge is 0.0385 e. The molecule has 1 fully saturated rings. The van der Waals surface area contributed by atoms with Crippen LogP contribution in [0.25, 0.3) is 0 Å². The molecule has 0 amide bonds. The summed E-state index contributed by atoms with van der Waals surface area (Å²) in [5, 5.41) is 3.55. The van der Waals surface area contributed by atoms with Gasteiger partial charge in [0.2, 0.25) is 0 Å². The van der Waals surface area contributed by atoms with Crippen molar-refractivity contribution in [2.24, 2.45) is 0 Å². The zero-order valence-electron chi connectivity index (χ0n) is 10.2. The highest BCUT2D eigenvalue weighted by Crippen LogP contribution is 2.13. The van der Waals surface area contributed by atoms with E-state index in [1.807, 2.05) is 0 Å². The fourth-order valence-corrected chi connectivity index (χ4v) is 3.04. The van der Waals surface area contributed by atoms with Gasteiger partial charge >= 0.3 is 0 Å². The molecule has 0 spiro atoms. The molecule has 0 aliphatic carbocycles. The van der Waals surface area contributed by atoms with Gasteiger partial charge in [-0.1, -0.05) is 6.92 Å². The van der Waals surface area contributed by atoms with Crippen LogP contribution in [0.1, 0.15) is 26.7 Å². The molecule has 3 atom stereocenters. The van der Waals surface area contributed by atoms with Gasteiger partial charge in [-0.2, -0.15) is 0 Å². The molecule has 90 valence electrons. The maximum atomic E-state index is 11.1. The van der Waals surface area contributed by atoms with Gasteiger partial charge in [0.05, 0.1) is 0 Å². The SMILES string of the molecule is CCCNC1CCN(C(C)CS(C)=O)C1. The lowest BCUT2D eigenvalue weighted by Gasteiger charge is -2.23. The Bertz CT molecular complexity index is 211. The van der Waals surface area contributed by atoms with Gasteiger partial charge in [0.1, 0.15) is 0 Å². The molecular formula is C11H24N2OS. The molecule has 4 heteroatoms. The minimum absolute atomic E-state index is 0.462. The summed E-state index contributed by atoms with van der Waals surface area (Å²) in [6, 6.07) is 1.11. The Balaban J connectivity index is 2.25. The first-order valence-electron chi connectivity index (χ1n) is 5.91. The van der Waals surface area contributed by atoms with Crippen molar-refractivity contribution in [3.05, 3.63) is 0 Å². The van der Waals surface area contributed by atoms with Crippen LogP contribution in [0, 0.1) is 0 Å². The molecule has 3 nitrogen and oxygen atoms in total. The van der Waals surface area contributed by atoms with Crippen LogP contribution in [-0.4, -0.2) is 52.8 Å². The van der Waals surface area contributed by atoms with Crippen LogP contribution < -0.4 is 5.32 Å². The molecule has 0 bridgehead atoms. The third-order valence-corrected chi connectivity index (χ3v) is 3.95. The highest BCUT2D eigenvalue weighted by Gasteiger charge is 2.25. The van der Waals surface area contributed by atoms with Crippen molar-refractivity contribution in [2.45, 2.75) is 38.8 Å². The largest absolute Gasteiger partial charge is 0.313 e. The average Bonchev–Trinajstić information content (AvgIpc) is 2.62. The van der Waals surface area contributed by atoms with Crippen LogP contribution in [0.5, 0.6) is 0 Å². The molecule has 0 aromatic rings. The van der Waals surface area contributed by atoms with E-state index < -0.39 is 10.8 Å². The Morgan fingerprint density at radius 1 is 1.60 bits per heavy atom. The van der Waals surface area contributed by atoms with Crippen LogP contribution in [0.2, 0.25) is 0 Å². The van der Waals surface area contributed by atoms with E-state index in [1.165, 1.54) is 12.8 Å². The maximum Gasteiger partial charge on any atom is 0.0385 e. The van der Waals surface area contributed by atoms with Gasteiger partial charge in [-0.25, -0.2) is 0 Å². The second-order valence-electron chi connectivity index (χ2n) is 4.52. The van der Waals surface area contributed by atoms with Crippen molar-refractivity contribution in [2.75, 3.05) is 31.6 Å². The Hall–Kier alpha value is 0.0700. The summed E-state index contributed by atoms with van der Waals surface area (Å²) >= 11 is 0. The summed E-state index contributed by atoms with van der Waals surface area (Å²) in [5.74, 6) is 0.806. The van der Waals surface area contributed by atoms with E-state index in [2.05, 4.69) is 24.1 Å². The topological polar surface area (TPSA) is 32.3 Å². The van der Waals surface area contributed by atoms with Crippen LogP contribution in [0.15, 0.2) is 0 Å². The van der Waals surface area contributed by atoms with E-state index in [1.54, 1.807) is 6.26 Å². The fourth-order valence-electron chi connectivity index (χ4n) is 2.15. The minimum atomic E-state index is -0.670. The van der Waals surface area contributed by atoms with E-state index in [0.29, 0.717) is 12.1 Å². The normalized spacial score (nSPS) is 26.7. The van der Waals surface area contributed by atoms with Crippen LogP contribution in [0.3, 0.4) is 0 Å². The first-order chi connectivity index (χ1) is 7.13. The van der Waals surface area contributed by atoms with Crippen LogP contribution >= 0.6 is 0 Å². The Kier molecular flexibility index (Phi) is 5.79. The molecule has 1 saturated heterocycles. The minimum Gasteiger partial charge on any atom is -0.313 e. The Labute approximate surface area is 96.1 Å². The first-order valence-corrected chi connectivity index (χ1v) is 7.63. The molecule has 0 aromatic carbocycles. The van der Waals surface area contributed by atoms with Gasteiger partial charge < -0.3 is 5.32 Å². The predicted molar refractivity (Wildman–Crippen MR) is 66.7 cm³/mol. The standard InChI is InChI=1S/C11H24N2OS/c1-4-6-12-11-5-7-13(8-11)10(2)9-15(3)14/h10-12H,4-9H2,1-3H3. The lowest BCUT2D eigenvalue weighted by atomic mass is 10.2. The van der Waals surface area contributed by atoms with Gasteiger partial charge in [-0.05, 0) is 26.3 Å². The molecule has 1 N–H and O–H groups in total. The molecule has 1 heterocycles. The van der Waals surface area contributed by atoms with Crippen molar-refractivity contribution in [1.29, 1.82) is 0 Å². The summed E-state index contributed by atoms with van der Waals surface area (Å²) in [6.07, 6.45) is 4.23. The summed E-state index contributed by atoms with van der Waals surface area (Å²) < 4.78 is 11.1. The lowest BCUT2D eigenvalue weighted by Crippen LogP contribution is -2.38. The van der Waals surface area contributed by atoms with E-state index in [9.17, 15) is 4.21 Å². The van der Waals surface area contributed by atoms with Crippen molar-refractivity contribution in [1.82, 2.24) is 10.2 Å². The predicted octanol–water partition coefficient (Wildman–Crippen LogP) is 0.827. The second-order valence-corrected chi connectivity index (χ2v) is 6.00. The summed E-state index contributed by atoms with van der Waals surface area (Å²) in [6.45, 7) is 7.77. The molecule has 3 unspecified atom stereocenters. The quantitative estimate of drug-likeness (QED) is 0.736. The zero-order chi connectivity index (χ0) is 11.3. The maximum absolute atomic E-state index is 11.1. The molecule has 1 rings (SSSR count). The number of rotatable bonds is 6. The van der Waals surface area contributed by atoms with Crippen molar-refractivity contribution in [3.63, 3.8) is 0 Å². The molecule has 15 heavy (non-hydrogen) atoms. The molecule has 1 aliphatic heterocycles. The summed E-state index contributed by atoms with van der Waals surface area (Å²) in [4.78, 5) is 2.45. The van der Waals surface area contributed by atoms with Crippen molar-refractivity contribution >= 4 is 10.8 Å². The number of nitrogens with one attached hydrogen (secondary N) is 1. The number of likely N-dealkylation sites (tertiary alicyclic amines) is 1. The van der Waals surface area contributed by atoms with Crippen molar-refractivity contribution < 1.29 is 4.21 Å². The number of hydrogen-bond donors (Lipinski definition) is 1. The average molecular weight is 232 g/mol. The Morgan fingerprint density at radius 2 is 2.33 bits per heavy atom. The second kappa shape index (κ2) is 6.61. The monoisotopic (exact) mass is 232 g/mol. The van der Waals surface area contributed by atoms with Gasteiger partial charge in [-0.15, -0.1) is 0 Å². The highest BCUT2D eigenvalue weighted by atomic mass is 32.2. The van der Waals surface area contributed by atoms with Crippen LogP contribution in [-0.2, 0) is 10.8 Å². The fraction of sp³-hybridized carbons (Fsp3) is 1.00. The third-order valence-electron chi connectivity index (χ3n) is 3.00. The zero-order valence-corrected chi connectivity index (χ0v) is 11.0. The molecule has 0 saturated carbocycles. The number of nitrogens with zero attached hydrogens (tertiary/aromatic N) is 1.